The Morgan fingerprint density at radius 1 is 0.938 bits per heavy atom. The summed E-state index contributed by atoms with van der Waals surface area (Å²) in [6, 6.07) is 12.7. The molecular weight excluding hydrogens is 444 g/mol. The number of halogens is 1. The van der Waals surface area contributed by atoms with Crippen molar-refractivity contribution >= 4 is 28.9 Å². The second kappa shape index (κ2) is 14.8. The maximum Gasteiger partial charge on any atom is 0.274 e. The largest absolute Gasteiger partial charge is 0.395 e. The van der Waals surface area contributed by atoms with Crippen LogP contribution in [0, 0.1) is 20.2 Å². The van der Waals surface area contributed by atoms with Crippen LogP contribution in [0.2, 0.25) is 0 Å². The normalized spacial score (nSPS) is 10.1. The lowest BCUT2D eigenvalue weighted by atomic mass is 10.1. The van der Waals surface area contributed by atoms with Gasteiger partial charge in [0.2, 0.25) is 5.91 Å². The van der Waals surface area contributed by atoms with Crippen LogP contribution in [0.15, 0.2) is 48.5 Å². The summed E-state index contributed by atoms with van der Waals surface area (Å²) in [7, 11) is 0. The van der Waals surface area contributed by atoms with E-state index in [4.69, 9.17) is 21.8 Å². The molecular formula is C20H25ClN4O7. The number of carbonyl (C=O) groups excluding carboxylic acids is 1. The molecule has 0 saturated heterocycles. The molecule has 0 aliphatic carbocycles. The molecule has 2 aromatic carbocycles. The van der Waals surface area contributed by atoms with Gasteiger partial charge in [-0.25, -0.2) is 0 Å². The molecule has 32 heavy (non-hydrogen) atoms. The number of alkyl halides is 1. The molecule has 0 radical (unpaired) electrons. The monoisotopic (exact) mass is 468 g/mol. The third kappa shape index (κ3) is 8.94. The number of hydrogen-bond acceptors (Lipinski definition) is 8. The number of para-hydroxylation sites is 2. The highest BCUT2D eigenvalue weighted by Gasteiger charge is 2.18. The molecule has 2 rings (SSSR count). The fourth-order valence-corrected chi connectivity index (χ4v) is 2.84. The number of nitrogens with one attached hydrogen (secondary N) is 1. The number of nitro groups is 2. The minimum atomic E-state index is -0.502. The molecule has 0 aliphatic heterocycles. The molecule has 0 fully saturated rings. The van der Waals surface area contributed by atoms with Crippen LogP contribution < -0.4 is 5.32 Å². The van der Waals surface area contributed by atoms with Gasteiger partial charge in [-0.2, -0.15) is 0 Å². The number of aliphatic hydroxyl groups excluding tert-OH is 2. The molecule has 0 aliphatic rings. The average Bonchev–Trinajstić information content (AvgIpc) is 2.79. The van der Waals surface area contributed by atoms with Crippen LogP contribution in [0.3, 0.4) is 0 Å². The highest BCUT2D eigenvalue weighted by Crippen LogP contribution is 2.19. The number of hydrogen-bond donors (Lipinski definition) is 3. The van der Waals surface area contributed by atoms with Crippen LogP contribution in [0.25, 0.3) is 0 Å². The van der Waals surface area contributed by atoms with E-state index >= 15 is 0 Å². The van der Waals surface area contributed by atoms with Gasteiger partial charge < -0.3 is 20.4 Å². The van der Waals surface area contributed by atoms with Crippen molar-refractivity contribution < 1.29 is 24.9 Å². The zero-order chi connectivity index (χ0) is 23.9. The molecule has 0 heterocycles. The quantitative estimate of drug-likeness (QED) is 0.195. The van der Waals surface area contributed by atoms with Gasteiger partial charge in [-0.1, -0.05) is 36.4 Å². The van der Waals surface area contributed by atoms with Crippen LogP contribution in [0.5, 0.6) is 0 Å². The van der Waals surface area contributed by atoms with Crippen LogP contribution in [0.1, 0.15) is 11.1 Å². The van der Waals surface area contributed by atoms with E-state index in [1.807, 2.05) is 0 Å². The van der Waals surface area contributed by atoms with Gasteiger partial charge in [0.25, 0.3) is 11.4 Å². The Morgan fingerprint density at radius 2 is 1.47 bits per heavy atom. The SMILES string of the molecule is O=C(CCl)N(CCO)Cc1ccccc1[N+](=O)[O-].O=[N+]([O-])c1ccccc1CNCCO. The van der Waals surface area contributed by atoms with Crippen molar-refractivity contribution in [1.82, 2.24) is 10.2 Å². The van der Waals surface area contributed by atoms with Gasteiger partial charge in [0.15, 0.2) is 0 Å². The smallest absolute Gasteiger partial charge is 0.274 e. The summed E-state index contributed by atoms with van der Waals surface area (Å²) in [6.07, 6.45) is 0. The predicted octanol–water partition coefficient (Wildman–Crippen LogP) is 1.83. The van der Waals surface area contributed by atoms with Crippen molar-refractivity contribution in [2.45, 2.75) is 13.1 Å². The van der Waals surface area contributed by atoms with Gasteiger partial charge in [0, 0.05) is 42.9 Å². The van der Waals surface area contributed by atoms with E-state index in [-0.39, 0.29) is 49.5 Å². The second-order valence-corrected chi connectivity index (χ2v) is 6.61. The van der Waals surface area contributed by atoms with Gasteiger partial charge in [0.1, 0.15) is 5.88 Å². The average molecular weight is 469 g/mol. The molecule has 2 aromatic rings. The first kappa shape index (κ1) is 26.9. The zero-order valence-corrected chi connectivity index (χ0v) is 18.0. The van der Waals surface area contributed by atoms with E-state index in [1.165, 1.54) is 17.0 Å². The topological polar surface area (TPSA) is 159 Å². The van der Waals surface area contributed by atoms with E-state index in [1.54, 1.807) is 36.4 Å². The molecule has 1 amide bonds. The number of nitro benzene ring substituents is 2. The summed E-state index contributed by atoms with van der Waals surface area (Å²) in [5.74, 6) is -0.593. The first-order chi connectivity index (χ1) is 15.3. The Bertz CT molecular complexity index is 898. The number of nitrogens with zero attached hydrogens (tertiary/aromatic N) is 3. The summed E-state index contributed by atoms with van der Waals surface area (Å²) in [5.41, 5.74) is 1.10. The third-order valence-corrected chi connectivity index (χ3v) is 4.41. The Labute approximate surface area is 189 Å². The van der Waals surface area contributed by atoms with Gasteiger partial charge in [0.05, 0.1) is 29.6 Å². The lowest BCUT2D eigenvalue weighted by Gasteiger charge is -2.20. The Balaban J connectivity index is 0.000000330. The van der Waals surface area contributed by atoms with Crippen LogP contribution in [-0.2, 0) is 17.9 Å². The molecule has 0 bridgehead atoms. The summed E-state index contributed by atoms with van der Waals surface area (Å²) >= 11 is 5.44. The van der Waals surface area contributed by atoms with Gasteiger partial charge >= 0.3 is 0 Å². The molecule has 0 saturated carbocycles. The summed E-state index contributed by atoms with van der Waals surface area (Å²) < 4.78 is 0. The summed E-state index contributed by atoms with van der Waals surface area (Å²) in [5, 5.41) is 41.7. The molecule has 0 spiro atoms. The van der Waals surface area contributed by atoms with Crippen molar-refractivity contribution in [3.63, 3.8) is 0 Å². The highest BCUT2D eigenvalue weighted by atomic mass is 35.5. The number of rotatable bonds is 11. The first-order valence-corrected chi connectivity index (χ1v) is 10.1. The fraction of sp³-hybridized carbons (Fsp3) is 0.350. The Morgan fingerprint density at radius 3 is 1.97 bits per heavy atom. The van der Waals surface area contributed by atoms with Crippen LogP contribution in [-0.4, -0.2) is 63.1 Å². The molecule has 11 nitrogen and oxygen atoms in total. The first-order valence-electron chi connectivity index (χ1n) is 9.56. The summed E-state index contributed by atoms with van der Waals surface area (Å²) in [6.45, 7) is 0.800. The van der Waals surface area contributed by atoms with Crippen LogP contribution >= 0.6 is 11.6 Å². The van der Waals surface area contributed by atoms with E-state index in [2.05, 4.69) is 5.32 Å². The Hall–Kier alpha value is -3.12. The van der Waals surface area contributed by atoms with E-state index in [0.717, 1.165) is 0 Å². The fourth-order valence-electron chi connectivity index (χ4n) is 2.67. The van der Waals surface area contributed by atoms with Crippen molar-refractivity contribution in [2.75, 3.05) is 32.2 Å². The van der Waals surface area contributed by atoms with Crippen molar-refractivity contribution in [3.8, 4) is 0 Å². The van der Waals surface area contributed by atoms with Gasteiger partial charge in [-0.3, -0.25) is 25.0 Å². The van der Waals surface area contributed by atoms with Crippen molar-refractivity contribution in [1.29, 1.82) is 0 Å². The van der Waals surface area contributed by atoms with Gasteiger partial charge in [-0.15, -0.1) is 11.6 Å². The second-order valence-electron chi connectivity index (χ2n) is 6.34. The van der Waals surface area contributed by atoms with Crippen molar-refractivity contribution in [3.05, 3.63) is 79.9 Å². The molecule has 12 heteroatoms. The highest BCUT2D eigenvalue weighted by molar-refractivity contribution is 6.27. The molecule has 174 valence electrons. The van der Waals surface area contributed by atoms with Crippen LogP contribution in [0.4, 0.5) is 11.4 Å². The number of aliphatic hydroxyl groups is 2. The Kier molecular flexibility index (Phi) is 12.5. The number of carbonyl (C=O) groups is 1. The minimum absolute atomic E-state index is 0.0284. The van der Waals surface area contributed by atoms with Gasteiger partial charge in [-0.05, 0) is 0 Å². The van der Waals surface area contributed by atoms with Crippen molar-refractivity contribution in [2.24, 2.45) is 0 Å². The standard InChI is InChI=1S/C11H13ClN2O4.C9H12N2O3/c12-7-11(16)13(5-6-15)8-9-3-1-2-4-10(9)14(17)18;12-6-5-10-7-8-3-1-2-4-9(8)11(13)14/h1-4,15H,5-8H2;1-4,10,12H,5-7H2. The van der Waals surface area contributed by atoms with E-state index in [9.17, 15) is 25.0 Å². The molecule has 0 atom stereocenters. The summed E-state index contributed by atoms with van der Waals surface area (Å²) in [4.78, 5) is 33.3. The maximum atomic E-state index is 11.5. The predicted molar refractivity (Wildman–Crippen MR) is 118 cm³/mol. The maximum absolute atomic E-state index is 11.5. The number of amides is 1. The van der Waals surface area contributed by atoms with E-state index in [0.29, 0.717) is 24.2 Å². The lowest BCUT2D eigenvalue weighted by Crippen LogP contribution is -2.34. The third-order valence-electron chi connectivity index (χ3n) is 4.18. The minimum Gasteiger partial charge on any atom is -0.395 e. The van der Waals surface area contributed by atoms with E-state index < -0.39 is 9.85 Å². The number of benzene rings is 2. The lowest BCUT2D eigenvalue weighted by molar-refractivity contribution is -0.385. The molecule has 0 aromatic heterocycles. The zero-order valence-electron chi connectivity index (χ0n) is 17.2. The molecule has 0 unspecified atom stereocenters. The molecule has 3 N–H and O–H groups in total.